The number of benzene rings is 1. The third-order valence-electron chi connectivity index (χ3n) is 4.26. The van der Waals surface area contributed by atoms with Crippen molar-refractivity contribution in [2.75, 3.05) is 20.6 Å². The van der Waals surface area contributed by atoms with E-state index in [4.69, 9.17) is 11.6 Å². The summed E-state index contributed by atoms with van der Waals surface area (Å²) in [5.74, 6) is 1.11. The van der Waals surface area contributed by atoms with Gasteiger partial charge in [0.25, 0.3) is 0 Å². The number of nitrogens with zero attached hydrogens (tertiary/aromatic N) is 1. The number of sulfonamides is 1. The molecular weight excluding hydrogens is 308 g/mol. The van der Waals surface area contributed by atoms with Crippen molar-refractivity contribution in [1.82, 2.24) is 9.62 Å². The smallest absolute Gasteiger partial charge is 0.243 e. The van der Waals surface area contributed by atoms with Crippen LogP contribution in [0.5, 0.6) is 0 Å². The summed E-state index contributed by atoms with van der Waals surface area (Å²) in [6.45, 7) is 5.17. The molecule has 1 N–H and O–H groups in total. The molecule has 1 saturated carbocycles. The molecule has 0 spiro atoms. The van der Waals surface area contributed by atoms with E-state index in [2.05, 4.69) is 12.2 Å². The minimum absolute atomic E-state index is 0.316. The molecule has 118 valence electrons. The van der Waals surface area contributed by atoms with Crippen molar-refractivity contribution in [3.8, 4) is 0 Å². The highest BCUT2D eigenvalue weighted by Gasteiger charge is 2.36. The number of rotatable bonds is 6. The molecule has 0 aliphatic heterocycles. The Hall–Kier alpha value is -0.620. The van der Waals surface area contributed by atoms with Gasteiger partial charge in [0.05, 0.1) is 4.90 Å². The molecule has 1 aromatic rings. The van der Waals surface area contributed by atoms with Crippen LogP contribution >= 0.6 is 11.6 Å². The van der Waals surface area contributed by atoms with Crippen molar-refractivity contribution >= 4 is 21.6 Å². The fourth-order valence-corrected chi connectivity index (χ4v) is 4.42. The lowest BCUT2D eigenvalue weighted by molar-refractivity contribution is 0.444. The topological polar surface area (TPSA) is 49.4 Å². The number of nitrogens with one attached hydrogen (secondary N) is 1. The first-order chi connectivity index (χ1) is 9.77. The van der Waals surface area contributed by atoms with Gasteiger partial charge in [-0.1, -0.05) is 18.5 Å². The Morgan fingerprint density at radius 3 is 2.57 bits per heavy atom. The predicted molar refractivity (Wildman–Crippen MR) is 86.0 cm³/mol. The van der Waals surface area contributed by atoms with Crippen LogP contribution in [0.1, 0.15) is 24.5 Å². The second-order valence-corrected chi connectivity index (χ2v) is 8.43. The third kappa shape index (κ3) is 3.59. The maximum absolute atomic E-state index is 12.8. The zero-order valence-corrected chi connectivity index (χ0v) is 14.6. The molecule has 6 heteroatoms. The van der Waals surface area contributed by atoms with Crippen molar-refractivity contribution in [3.63, 3.8) is 0 Å². The van der Waals surface area contributed by atoms with E-state index in [0.717, 1.165) is 17.5 Å². The van der Waals surface area contributed by atoms with Gasteiger partial charge < -0.3 is 5.32 Å². The summed E-state index contributed by atoms with van der Waals surface area (Å²) in [6.07, 6.45) is 1.11. The summed E-state index contributed by atoms with van der Waals surface area (Å²) >= 11 is 6.10. The molecule has 0 saturated heterocycles. The van der Waals surface area contributed by atoms with Crippen molar-refractivity contribution in [3.05, 3.63) is 28.3 Å². The predicted octanol–water partition coefficient (Wildman–Crippen LogP) is 2.64. The number of hydrogen-bond acceptors (Lipinski definition) is 3. The normalized spacial score (nSPS) is 21.8. The Labute approximate surface area is 132 Å². The number of halogens is 1. The maximum Gasteiger partial charge on any atom is 0.243 e. The first-order valence-electron chi connectivity index (χ1n) is 7.17. The van der Waals surface area contributed by atoms with Crippen molar-refractivity contribution in [2.45, 2.75) is 31.7 Å². The maximum atomic E-state index is 12.8. The highest BCUT2D eigenvalue weighted by atomic mass is 35.5. The summed E-state index contributed by atoms with van der Waals surface area (Å²) in [5.41, 5.74) is 1.68. The van der Waals surface area contributed by atoms with Crippen molar-refractivity contribution < 1.29 is 8.42 Å². The van der Waals surface area contributed by atoms with Crippen molar-refractivity contribution in [2.24, 2.45) is 11.8 Å². The molecule has 1 aliphatic rings. The highest BCUT2D eigenvalue weighted by Crippen LogP contribution is 2.39. The third-order valence-corrected chi connectivity index (χ3v) is 6.42. The highest BCUT2D eigenvalue weighted by molar-refractivity contribution is 7.89. The fourth-order valence-electron chi connectivity index (χ4n) is 2.60. The van der Waals surface area contributed by atoms with Crippen LogP contribution in [0.2, 0.25) is 5.02 Å². The standard InChI is InChI=1S/C15H23ClN2O2S/c1-10-5-13(10)9-18(4)21(19,20)15-7-14(16)6-12(8-17-3)11(15)2/h6-7,10,13,17H,5,8-9H2,1-4H3. The zero-order valence-electron chi connectivity index (χ0n) is 13.0. The van der Waals surface area contributed by atoms with Crippen LogP contribution in [0.25, 0.3) is 0 Å². The largest absolute Gasteiger partial charge is 0.316 e. The van der Waals surface area contributed by atoms with Gasteiger partial charge in [-0.05, 0) is 55.5 Å². The molecule has 1 fully saturated rings. The monoisotopic (exact) mass is 330 g/mol. The van der Waals surface area contributed by atoms with Gasteiger partial charge in [0.2, 0.25) is 10.0 Å². The van der Waals surface area contributed by atoms with Crippen LogP contribution in [0.4, 0.5) is 0 Å². The van der Waals surface area contributed by atoms with Gasteiger partial charge in [-0.3, -0.25) is 0 Å². The van der Waals surface area contributed by atoms with Crippen LogP contribution in [0.3, 0.4) is 0 Å². The molecule has 0 aromatic heterocycles. The van der Waals surface area contributed by atoms with Gasteiger partial charge >= 0.3 is 0 Å². The van der Waals surface area contributed by atoms with Gasteiger partial charge in [0, 0.05) is 25.2 Å². The summed E-state index contributed by atoms with van der Waals surface area (Å²) in [5, 5.41) is 3.50. The van der Waals surface area contributed by atoms with Gasteiger partial charge in [0.1, 0.15) is 0 Å². The number of hydrogen-bond donors (Lipinski definition) is 1. The lowest BCUT2D eigenvalue weighted by Crippen LogP contribution is -2.30. The van der Waals surface area contributed by atoms with E-state index >= 15 is 0 Å². The van der Waals surface area contributed by atoms with Crippen LogP contribution in [-0.4, -0.2) is 33.4 Å². The SMILES string of the molecule is CNCc1cc(Cl)cc(S(=O)(=O)N(C)CC2CC2C)c1C. The molecule has 0 heterocycles. The average molecular weight is 331 g/mol. The van der Waals surface area contributed by atoms with Gasteiger partial charge in [-0.15, -0.1) is 0 Å². The Morgan fingerprint density at radius 1 is 1.43 bits per heavy atom. The Bertz CT molecular complexity index is 631. The quantitative estimate of drug-likeness (QED) is 0.872. The second-order valence-electron chi connectivity index (χ2n) is 5.98. The fraction of sp³-hybridized carbons (Fsp3) is 0.600. The summed E-state index contributed by atoms with van der Waals surface area (Å²) in [6, 6.07) is 3.37. The average Bonchev–Trinajstić information content (AvgIpc) is 3.09. The second kappa shape index (κ2) is 6.24. The van der Waals surface area contributed by atoms with E-state index in [1.807, 2.05) is 20.0 Å². The molecule has 0 radical (unpaired) electrons. The molecule has 2 unspecified atom stereocenters. The van der Waals surface area contributed by atoms with E-state index in [1.165, 1.54) is 4.31 Å². The molecular formula is C15H23ClN2O2S. The first-order valence-corrected chi connectivity index (χ1v) is 8.99. The Balaban J connectivity index is 2.34. The molecule has 0 amide bonds. The summed E-state index contributed by atoms with van der Waals surface area (Å²) in [7, 11) is -0.0106. The van der Waals surface area contributed by atoms with Gasteiger partial charge in [0.15, 0.2) is 0 Å². The van der Waals surface area contributed by atoms with Gasteiger partial charge in [-0.2, -0.15) is 0 Å². The van der Waals surface area contributed by atoms with E-state index in [0.29, 0.717) is 34.8 Å². The van der Waals surface area contributed by atoms with Crippen LogP contribution < -0.4 is 5.32 Å². The minimum Gasteiger partial charge on any atom is -0.316 e. The lowest BCUT2D eigenvalue weighted by atomic mass is 10.1. The molecule has 21 heavy (non-hydrogen) atoms. The van der Waals surface area contributed by atoms with Crippen LogP contribution in [-0.2, 0) is 16.6 Å². The summed E-state index contributed by atoms with van der Waals surface area (Å²) < 4.78 is 27.0. The summed E-state index contributed by atoms with van der Waals surface area (Å²) in [4.78, 5) is 0.316. The molecule has 1 aliphatic carbocycles. The first kappa shape index (κ1) is 16.7. The Morgan fingerprint density at radius 2 is 2.05 bits per heavy atom. The molecule has 4 nitrogen and oxygen atoms in total. The molecule has 2 atom stereocenters. The van der Waals surface area contributed by atoms with E-state index in [9.17, 15) is 8.42 Å². The van der Waals surface area contributed by atoms with E-state index < -0.39 is 10.0 Å². The molecule has 2 rings (SSSR count). The van der Waals surface area contributed by atoms with Crippen molar-refractivity contribution in [1.29, 1.82) is 0 Å². The minimum atomic E-state index is -3.49. The zero-order chi connectivity index (χ0) is 15.8. The van der Waals surface area contributed by atoms with Gasteiger partial charge in [-0.25, -0.2) is 12.7 Å². The van der Waals surface area contributed by atoms with E-state index in [1.54, 1.807) is 13.1 Å². The van der Waals surface area contributed by atoms with E-state index in [-0.39, 0.29) is 0 Å². The Kier molecular flexibility index (Phi) is 4.98. The molecule has 1 aromatic carbocycles. The van der Waals surface area contributed by atoms with Crippen LogP contribution in [0.15, 0.2) is 17.0 Å². The molecule has 0 bridgehead atoms. The van der Waals surface area contributed by atoms with Crippen LogP contribution in [0, 0.1) is 18.8 Å². The lowest BCUT2D eigenvalue weighted by Gasteiger charge is -2.20.